The van der Waals surface area contributed by atoms with Crippen LogP contribution in [0.1, 0.15) is 5.56 Å². The Balaban J connectivity index is 3.42. The number of rotatable bonds is 0. The van der Waals surface area contributed by atoms with Crippen molar-refractivity contribution in [3.05, 3.63) is 40.3 Å². The van der Waals surface area contributed by atoms with E-state index in [1.807, 2.05) is 0 Å². The van der Waals surface area contributed by atoms with Gasteiger partial charge in [-0.15, -0.1) is 0 Å². The van der Waals surface area contributed by atoms with Crippen LogP contribution >= 0.6 is 0 Å². The second-order valence-electron chi connectivity index (χ2n) is 1.82. The van der Waals surface area contributed by atoms with Gasteiger partial charge in [-0.25, -0.2) is 4.98 Å². The van der Waals surface area contributed by atoms with Crippen LogP contribution in [0.25, 0.3) is 0 Å². The molecule has 0 aromatic carbocycles. The average Bonchev–Trinajstić information content (AvgIpc) is 1.99. The molecule has 0 spiro atoms. The standard InChI is InChI=1S/C7H7NO/c1-6-4-2-3-5-8-7(6)9/h2-5H,1H3. The van der Waals surface area contributed by atoms with E-state index >= 15 is 0 Å². The first kappa shape index (κ1) is 5.95. The molecule has 0 bridgehead atoms. The van der Waals surface area contributed by atoms with Gasteiger partial charge in [0.15, 0.2) is 0 Å². The highest BCUT2D eigenvalue weighted by atomic mass is 16.1. The fraction of sp³-hybridized carbons (Fsp3) is 0.143. The molecule has 0 amide bonds. The summed E-state index contributed by atoms with van der Waals surface area (Å²) in [7, 11) is 0. The summed E-state index contributed by atoms with van der Waals surface area (Å²) in [5, 5.41) is 0. The summed E-state index contributed by atoms with van der Waals surface area (Å²) in [5.74, 6) is 0. The van der Waals surface area contributed by atoms with Gasteiger partial charge in [-0.1, -0.05) is 12.1 Å². The minimum atomic E-state index is -0.153. The molecular formula is C7H7NO. The van der Waals surface area contributed by atoms with Crippen molar-refractivity contribution < 1.29 is 0 Å². The van der Waals surface area contributed by atoms with Gasteiger partial charge in [0.05, 0.1) is 0 Å². The lowest BCUT2D eigenvalue weighted by atomic mass is 10.3. The average molecular weight is 121 g/mol. The lowest BCUT2D eigenvalue weighted by molar-refractivity contribution is 1.22. The van der Waals surface area contributed by atoms with Crippen LogP contribution < -0.4 is 5.56 Å². The maximum absolute atomic E-state index is 10.7. The molecule has 0 aliphatic carbocycles. The molecule has 1 heterocycles. The summed E-state index contributed by atoms with van der Waals surface area (Å²) in [5.41, 5.74) is 0.528. The molecule has 1 aromatic rings. The molecule has 0 radical (unpaired) electrons. The molecule has 2 heteroatoms. The summed E-state index contributed by atoms with van der Waals surface area (Å²) in [4.78, 5) is 14.3. The van der Waals surface area contributed by atoms with Gasteiger partial charge in [-0.2, -0.15) is 0 Å². The van der Waals surface area contributed by atoms with Gasteiger partial charge in [0.1, 0.15) is 0 Å². The van der Waals surface area contributed by atoms with Crippen LogP contribution in [0.3, 0.4) is 0 Å². The Morgan fingerprint density at radius 1 is 1.44 bits per heavy atom. The number of nitrogens with zero attached hydrogens (tertiary/aromatic N) is 1. The van der Waals surface area contributed by atoms with Crippen molar-refractivity contribution in [2.45, 2.75) is 6.92 Å². The zero-order chi connectivity index (χ0) is 6.69. The molecule has 1 aromatic heterocycles. The smallest absolute Gasteiger partial charge is 0.267 e. The van der Waals surface area contributed by atoms with Crippen LogP contribution in [-0.2, 0) is 0 Å². The predicted molar refractivity (Wildman–Crippen MR) is 35.2 cm³/mol. The van der Waals surface area contributed by atoms with Gasteiger partial charge in [-0.3, -0.25) is 4.79 Å². The lowest BCUT2D eigenvalue weighted by Crippen LogP contribution is -2.03. The van der Waals surface area contributed by atoms with Gasteiger partial charge in [0, 0.05) is 11.8 Å². The minimum Gasteiger partial charge on any atom is -0.267 e. The normalized spacial score (nSPS) is 9.00. The van der Waals surface area contributed by atoms with E-state index in [-0.39, 0.29) is 5.56 Å². The number of aryl methyl sites for hydroxylation is 1. The Hall–Kier alpha value is -1.18. The minimum absolute atomic E-state index is 0.153. The molecule has 46 valence electrons. The zero-order valence-electron chi connectivity index (χ0n) is 5.16. The van der Waals surface area contributed by atoms with E-state index < -0.39 is 0 Å². The summed E-state index contributed by atoms with van der Waals surface area (Å²) >= 11 is 0. The first-order valence-electron chi connectivity index (χ1n) is 2.72. The molecule has 2 nitrogen and oxygen atoms in total. The highest BCUT2D eigenvalue weighted by Crippen LogP contribution is 1.81. The molecular weight excluding hydrogens is 114 g/mol. The van der Waals surface area contributed by atoms with E-state index in [1.165, 1.54) is 6.20 Å². The van der Waals surface area contributed by atoms with E-state index in [9.17, 15) is 4.79 Å². The van der Waals surface area contributed by atoms with Crippen LogP contribution in [0.4, 0.5) is 0 Å². The first-order chi connectivity index (χ1) is 4.30. The van der Waals surface area contributed by atoms with Crippen molar-refractivity contribution in [2.24, 2.45) is 0 Å². The molecule has 0 saturated heterocycles. The highest BCUT2D eigenvalue weighted by molar-refractivity contribution is 5.05. The highest BCUT2D eigenvalue weighted by Gasteiger charge is 1.84. The number of aromatic nitrogens is 1. The van der Waals surface area contributed by atoms with E-state index in [0.29, 0.717) is 5.56 Å². The Morgan fingerprint density at radius 2 is 2.22 bits per heavy atom. The number of hydrogen-bond donors (Lipinski definition) is 0. The molecule has 0 fully saturated rings. The van der Waals surface area contributed by atoms with Crippen molar-refractivity contribution >= 4 is 0 Å². The van der Waals surface area contributed by atoms with Crippen LogP contribution in [0.5, 0.6) is 0 Å². The third-order valence-corrected chi connectivity index (χ3v) is 1.07. The molecule has 0 N–H and O–H groups in total. The number of hydrogen-bond acceptors (Lipinski definition) is 2. The van der Waals surface area contributed by atoms with Gasteiger partial charge < -0.3 is 0 Å². The SMILES string of the molecule is Cc1ccccnc1=O. The maximum atomic E-state index is 10.7. The van der Waals surface area contributed by atoms with E-state index in [0.717, 1.165) is 0 Å². The molecule has 0 aliphatic heterocycles. The first-order valence-corrected chi connectivity index (χ1v) is 2.72. The third-order valence-electron chi connectivity index (χ3n) is 1.07. The Bertz CT molecular complexity index is 257. The van der Waals surface area contributed by atoms with Crippen molar-refractivity contribution in [1.29, 1.82) is 0 Å². The molecule has 0 atom stereocenters. The van der Waals surface area contributed by atoms with Crippen molar-refractivity contribution in [2.75, 3.05) is 0 Å². The van der Waals surface area contributed by atoms with Gasteiger partial charge in [0.25, 0.3) is 5.56 Å². The topological polar surface area (TPSA) is 30.0 Å². The van der Waals surface area contributed by atoms with Crippen LogP contribution in [0, 0.1) is 6.92 Å². The third kappa shape index (κ3) is 1.35. The quantitative estimate of drug-likeness (QED) is 0.507. The van der Waals surface area contributed by atoms with Gasteiger partial charge >= 0.3 is 0 Å². The molecule has 0 unspecified atom stereocenters. The van der Waals surface area contributed by atoms with E-state index in [4.69, 9.17) is 0 Å². The van der Waals surface area contributed by atoms with Gasteiger partial charge in [0.2, 0.25) is 0 Å². The van der Waals surface area contributed by atoms with Crippen molar-refractivity contribution in [3.63, 3.8) is 0 Å². The second kappa shape index (κ2) is 2.40. The molecule has 9 heavy (non-hydrogen) atoms. The summed E-state index contributed by atoms with van der Waals surface area (Å²) < 4.78 is 0. The maximum Gasteiger partial charge on any atom is 0.272 e. The summed E-state index contributed by atoms with van der Waals surface area (Å²) in [6.07, 6.45) is 1.50. The molecule has 0 aliphatic rings. The fourth-order valence-electron chi connectivity index (χ4n) is 0.533. The van der Waals surface area contributed by atoms with Crippen molar-refractivity contribution in [1.82, 2.24) is 4.98 Å². The lowest BCUT2D eigenvalue weighted by Gasteiger charge is -1.73. The fourth-order valence-corrected chi connectivity index (χ4v) is 0.533. The summed E-state index contributed by atoms with van der Waals surface area (Å²) in [6, 6.07) is 5.27. The van der Waals surface area contributed by atoms with E-state index in [1.54, 1.807) is 25.1 Å². The van der Waals surface area contributed by atoms with Gasteiger partial charge in [-0.05, 0) is 13.0 Å². The summed E-state index contributed by atoms with van der Waals surface area (Å²) in [6.45, 7) is 1.75. The van der Waals surface area contributed by atoms with E-state index in [2.05, 4.69) is 4.98 Å². The predicted octanol–water partition coefficient (Wildman–Crippen LogP) is 0.750. The Morgan fingerprint density at radius 3 is 3.00 bits per heavy atom. The van der Waals surface area contributed by atoms with Crippen LogP contribution in [0.15, 0.2) is 29.2 Å². The largest absolute Gasteiger partial charge is 0.272 e. The second-order valence-corrected chi connectivity index (χ2v) is 1.82. The monoisotopic (exact) mass is 121 g/mol. The van der Waals surface area contributed by atoms with Crippen LogP contribution in [0.2, 0.25) is 0 Å². The Labute approximate surface area is 53.2 Å². The van der Waals surface area contributed by atoms with Crippen LogP contribution in [-0.4, -0.2) is 4.98 Å². The molecule has 1 rings (SSSR count). The Kier molecular flexibility index (Phi) is 1.58. The van der Waals surface area contributed by atoms with Crippen molar-refractivity contribution in [3.8, 4) is 0 Å². The zero-order valence-corrected chi connectivity index (χ0v) is 5.16. The molecule has 0 saturated carbocycles.